The van der Waals surface area contributed by atoms with Crippen LogP contribution < -0.4 is 5.32 Å². The van der Waals surface area contributed by atoms with Crippen molar-refractivity contribution in [2.24, 2.45) is 0 Å². The van der Waals surface area contributed by atoms with Crippen LogP contribution in [0.2, 0.25) is 0 Å². The van der Waals surface area contributed by atoms with Crippen molar-refractivity contribution in [2.75, 3.05) is 6.54 Å². The second-order valence-corrected chi connectivity index (χ2v) is 3.64. The third kappa shape index (κ3) is 6.95. The van der Waals surface area contributed by atoms with Crippen LogP contribution in [0.1, 0.15) is 32.1 Å². The maximum atomic E-state index is 11.7. The van der Waals surface area contributed by atoms with Crippen LogP contribution in [0.5, 0.6) is 0 Å². The zero-order chi connectivity index (χ0) is 10.4. The van der Waals surface area contributed by atoms with E-state index in [1.165, 1.54) is 12.8 Å². The van der Waals surface area contributed by atoms with Crippen molar-refractivity contribution in [1.29, 1.82) is 0 Å². The summed E-state index contributed by atoms with van der Waals surface area (Å²) in [6.07, 6.45) is 2.14. The molecule has 14 heavy (non-hydrogen) atoms. The van der Waals surface area contributed by atoms with Gasteiger partial charge in [-0.15, -0.1) is 0 Å². The summed E-state index contributed by atoms with van der Waals surface area (Å²) in [5, 5.41) is 3.29. The first kappa shape index (κ1) is 11.6. The van der Waals surface area contributed by atoms with Gasteiger partial charge in [-0.3, -0.25) is 0 Å². The van der Waals surface area contributed by atoms with E-state index >= 15 is 0 Å². The molecule has 0 bridgehead atoms. The fourth-order valence-corrected chi connectivity index (χ4v) is 1.14. The summed E-state index contributed by atoms with van der Waals surface area (Å²) >= 11 is 0. The molecule has 0 unspecified atom stereocenters. The molecule has 0 heterocycles. The Balaban J connectivity index is 1.87. The number of hydrogen-bond acceptors (Lipinski definition) is 1. The molecule has 0 aromatic heterocycles. The van der Waals surface area contributed by atoms with Crippen molar-refractivity contribution in [1.82, 2.24) is 5.32 Å². The first-order valence-corrected chi connectivity index (χ1v) is 5.03. The minimum Gasteiger partial charge on any atom is -0.314 e. The summed E-state index contributed by atoms with van der Waals surface area (Å²) in [6, 6.07) is 0.679. The first-order chi connectivity index (χ1) is 6.58. The number of alkyl halides is 3. The van der Waals surface area contributed by atoms with Crippen molar-refractivity contribution >= 4 is 0 Å². The number of hydrogen-bond donors (Lipinski definition) is 1. The van der Waals surface area contributed by atoms with Gasteiger partial charge in [0.25, 0.3) is 0 Å². The second kappa shape index (κ2) is 5.39. The van der Waals surface area contributed by atoms with Gasteiger partial charge in [-0.1, -0.05) is 12.2 Å². The van der Waals surface area contributed by atoms with Gasteiger partial charge >= 0.3 is 6.18 Å². The lowest BCUT2D eigenvalue weighted by atomic mass is 10.2. The first-order valence-electron chi connectivity index (χ1n) is 5.03. The van der Waals surface area contributed by atoms with Gasteiger partial charge in [-0.25, -0.2) is 0 Å². The summed E-state index contributed by atoms with van der Waals surface area (Å²) in [4.78, 5) is 0. The van der Waals surface area contributed by atoms with Gasteiger partial charge < -0.3 is 5.32 Å². The summed E-state index contributed by atoms with van der Waals surface area (Å²) in [5.74, 6) is 0. The average Bonchev–Trinajstić information content (AvgIpc) is 2.84. The zero-order valence-electron chi connectivity index (χ0n) is 8.11. The minimum atomic E-state index is -4.02. The van der Waals surface area contributed by atoms with Gasteiger partial charge in [0, 0.05) is 12.5 Å². The summed E-state index contributed by atoms with van der Waals surface area (Å²) in [6.45, 7) is 0.882. The molecule has 1 rings (SSSR count). The minimum absolute atomic E-state index is 0.104. The SMILES string of the molecule is FC(F)(F)CCC=CCCNC1CC1. The molecule has 0 radical (unpaired) electrons. The smallest absolute Gasteiger partial charge is 0.314 e. The molecule has 4 heteroatoms. The molecule has 0 aromatic carbocycles. The lowest BCUT2D eigenvalue weighted by molar-refractivity contribution is -0.133. The largest absolute Gasteiger partial charge is 0.389 e. The highest BCUT2D eigenvalue weighted by Gasteiger charge is 2.25. The van der Waals surface area contributed by atoms with Gasteiger partial charge in [0.2, 0.25) is 0 Å². The zero-order valence-corrected chi connectivity index (χ0v) is 8.11. The van der Waals surface area contributed by atoms with Crippen LogP contribution in [0.4, 0.5) is 13.2 Å². The van der Waals surface area contributed by atoms with Crippen LogP contribution in [0, 0.1) is 0 Å². The fourth-order valence-electron chi connectivity index (χ4n) is 1.14. The lowest BCUT2D eigenvalue weighted by Gasteiger charge is -2.02. The molecule has 0 spiro atoms. The van der Waals surface area contributed by atoms with E-state index in [2.05, 4.69) is 5.32 Å². The van der Waals surface area contributed by atoms with Crippen molar-refractivity contribution < 1.29 is 13.2 Å². The Kier molecular flexibility index (Phi) is 4.45. The van der Waals surface area contributed by atoms with Crippen LogP contribution in [0.25, 0.3) is 0 Å². The number of allylic oxidation sites excluding steroid dienone is 1. The highest BCUT2D eigenvalue weighted by molar-refractivity contribution is 4.86. The van der Waals surface area contributed by atoms with Gasteiger partial charge in [0.1, 0.15) is 0 Å². The van der Waals surface area contributed by atoms with Gasteiger partial charge in [0.15, 0.2) is 0 Å². The van der Waals surface area contributed by atoms with E-state index in [-0.39, 0.29) is 6.42 Å². The van der Waals surface area contributed by atoms with E-state index in [1.807, 2.05) is 6.08 Å². The van der Waals surface area contributed by atoms with Crippen molar-refractivity contribution in [3.05, 3.63) is 12.2 Å². The number of nitrogens with one attached hydrogen (secondary N) is 1. The van der Waals surface area contributed by atoms with E-state index < -0.39 is 12.6 Å². The Bertz CT molecular complexity index is 182. The predicted octanol–water partition coefficient (Wildman–Crippen LogP) is 3.03. The highest BCUT2D eigenvalue weighted by Crippen LogP contribution is 2.21. The standard InChI is InChI=1S/C10H16F3N/c11-10(12,13)7-3-1-2-4-8-14-9-5-6-9/h1-2,9,14H,3-8H2. The Morgan fingerprint density at radius 3 is 2.36 bits per heavy atom. The van der Waals surface area contributed by atoms with Crippen LogP contribution in [0.3, 0.4) is 0 Å². The Hall–Kier alpha value is -0.510. The van der Waals surface area contributed by atoms with Gasteiger partial charge in [0.05, 0.1) is 0 Å². The predicted molar refractivity (Wildman–Crippen MR) is 50.1 cm³/mol. The summed E-state index contributed by atoms with van der Waals surface area (Å²) in [5.41, 5.74) is 0. The topological polar surface area (TPSA) is 12.0 Å². The molecular weight excluding hydrogens is 191 g/mol. The van der Waals surface area contributed by atoms with Crippen LogP contribution in [-0.4, -0.2) is 18.8 Å². The monoisotopic (exact) mass is 207 g/mol. The Morgan fingerprint density at radius 2 is 1.79 bits per heavy atom. The molecular formula is C10H16F3N. The molecule has 0 atom stereocenters. The van der Waals surface area contributed by atoms with Gasteiger partial charge in [-0.2, -0.15) is 13.2 Å². The molecule has 1 nitrogen and oxygen atoms in total. The second-order valence-electron chi connectivity index (χ2n) is 3.64. The van der Waals surface area contributed by atoms with E-state index in [0.717, 1.165) is 13.0 Å². The van der Waals surface area contributed by atoms with Crippen molar-refractivity contribution in [2.45, 2.75) is 44.3 Å². The molecule has 0 amide bonds. The molecule has 1 N–H and O–H groups in total. The van der Waals surface area contributed by atoms with E-state index in [4.69, 9.17) is 0 Å². The number of rotatable bonds is 6. The Morgan fingerprint density at radius 1 is 1.14 bits per heavy atom. The third-order valence-electron chi connectivity index (χ3n) is 2.08. The molecule has 1 aliphatic carbocycles. The van der Waals surface area contributed by atoms with Crippen molar-refractivity contribution in [3.8, 4) is 0 Å². The van der Waals surface area contributed by atoms with E-state index in [0.29, 0.717) is 6.04 Å². The maximum absolute atomic E-state index is 11.7. The van der Waals surface area contributed by atoms with Crippen molar-refractivity contribution in [3.63, 3.8) is 0 Å². The molecule has 82 valence electrons. The maximum Gasteiger partial charge on any atom is 0.389 e. The molecule has 1 fully saturated rings. The fraction of sp³-hybridized carbons (Fsp3) is 0.800. The molecule has 0 aliphatic heterocycles. The van der Waals surface area contributed by atoms with Crippen LogP contribution >= 0.6 is 0 Å². The molecule has 0 aromatic rings. The average molecular weight is 207 g/mol. The molecule has 1 aliphatic rings. The third-order valence-corrected chi connectivity index (χ3v) is 2.08. The van der Waals surface area contributed by atoms with Crippen LogP contribution in [-0.2, 0) is 0 Å². The van der Waals surface area contributed by atoms with Gasteiger partial charge in [-0.05, 0) is 32.2 Å². The summed E-state index contributed by atoms with van der Waals surface area (Å²) < 4.78 is 35.1. The molecule has 1 saturated carbocycles. The number of halogens is 3. The summed E-state index contributed by atoms with van der Waals surface area (Å²) in [7, 11) is 0. The van der Waals surface area contributed by atoms with Crippen LogP contribution in [0.15, 0.2) is 12.2 Å². The molecule has 0 saturated heterocycles. The lowest BCUT2D eigenvalue weighted by Crippen LogP contribution is -2.16. The van der Waals surface area contributed by atoms with E-state index in [9.17, 15) is 13.2 Å². The normalized spacial score (nSPS) is 17.9. The van der Waals surface area contributed by atoms with E-state index in [1.54, 1.807) is 6.08 Å². The quantitative estimate of drug-likeness (QED) is 0.521. The highest BCUT2D eigenvalue weighted by atomic mass is 19.4. The Labute approximate surface area is 82.4 Å².